The fourth-order valence-corrected chi connectivity index (χ4v) is 2.42. The van der Waals surface area contributed by atoms with Crippen molar-refractivity contribution in [1.29, 1.82) is 0 Å². The third-order valence-corrected chi connectivity index (χ3v) is 4.39. The molecule has 0 fully saturated rings. The lowest BCUT2D eigenvalue weighted by atomic mass is 10.3. The number of hydrogen-bond acceptors (Lipinski definition) is 3. The van der Waals surface area contributed by atoms with Crippen LogP contribution in [0.2, 0.25) is 0 Å². The molecule has 0 spiro atoms. The maximum Gasteiger partial charge on any atom is 0.252 e. The Balaban J connectivity index is 4.92. The van der Waals surface area contributed by atoms with Crippen molar-refractivity contribution >= 4 is 10.0 Å². The molecule has 0 aliphatic carbocycles. The minimum Gasteiger partial charge on any atom is -0.329 e. The Hall–Kier alpha value is -0.270. The van der Waals surface area contributed by atoms with Crippen LogP contribution in [0.4, 0.5) is 8.78 Å². The van der Waals surface area contributed by atoms with Gasteiger partial charge in [-0.05, 0) is 20.8 Å². The van der Waals surface area contributed by atoms with Crippen molar-refractivity contribution in [2.75, 3.05) is 19.6 Å². The smallest absolute Gasteiger partial charge is 0.252 e. The van der Waals surface area contributed by atoms with Gasteiger partial charge in [-0.1, -0.05) is 0 Å². The molecule has 92 valence electrons. The zero-order chi connectivity index (χ0) is 12.3. The molecule has 0 saturated carbocycles. The van der Waals surface area contributed by atoms with E-state index >= 15 is 0 Å². The Morgan fingerprint density at radius 3 is 2.07 bits per heavy atom. The van der Waals surface area contributed by atoms with Crippen LogP contribution >= 0.6 is 0 Å². The monoisotopic (exact) mass is 244 g/mol. The Kier molecular flexibility index (Phi) is 5.08. The minimum atomic E-state index is -3.72. The summed E-state index contributed by atoms with van der Waals surface area (Å²) in [4.78, 5) is 0. The van der Waals surface area contributed by atoms with Crippen molar-refractivity contribution < 1.29 is 17.2 Å². The molecule has 0 aliphatic heterocycles. The van der Waals surface area contributed by atoms with Crippen molar-refractivity contribution in [2.45, 2.75) is 31.9 Å². The van der Waals surface area contributed by atoms with Crippen molar-refractivity contribution in [2.24, 2.45) is 5.73 Å². The van der Waals surface area contributed by atoms with Crippen LogP contribution in [-0.4, -0.2) is 43.5 Å². The van der Waals surface area contributed by atoms with E-state index in [0.717, 1.165) is 4.31 Å². The summed E-state index contributed by atoms with van der Waals surface area (Å²) in [6.07, 6.45) is -2.69. The van der Waals surface area contributed by atoms with Crippen LogP contribution < -0.4 is 5.73 Å². The van der Waals surface area contributed by atoms with Crippen molar-refractivity contribution in [3.63, 3.8) is 0 Å². The van der Waals surface area contributed by atoms with Crippen LogP contribution in [0.1, 0.15) is 20.8 Å². The van der Waals surface area contributed by atoms with E-state index in [1.807, 2.05) is 0 Å². The predicted molar refractivity (Wildman–Crippen MR) is 55.3 cm³/mol. The summed E-state index contributed by atoms with van der Waals surface area (Å²) in [7, 11) is -3.72. The van der Waals surface area contributed by atoms with Crippen LogP contribution in [0.5, 0.6) is 0 Å². The van der Waals surface area contributed by atoms with Crippen LogP contribution in [0, 0.1) is 0 Å². The number of alkyl halides is 2. The Morgan fingerprint density at radius 2 is 1.80 bits per heavy atom. The Labute approximate surface area is 89.5 Å². The summed E-state index contributed by atoms with van der Waals surface area (Å²) in [6.45, 7) is 3.56. The van der Waals surface area contributed by atoms with E-state index in [4.69, 9.17) is 5.73 Å². The number of hydrogen-bond donors (Lipinski definition) is 1. The minimum absolute atomic E-state index is 0.0298. The van der Waals surface area contributed by atoms with Gasteiger partial charge >= 0.3 is 0 Å². The lowest BCUT2D eigenvalue weighted by Crippen LogP contribution is -2.46. The number of rotatable bonds is 5. The molecule has 0 aromatic carbocycles. The highest BCUT2D eigenvalue weighted by Gasteiger charge is 2.35. The van der Waals surface area contributed by atoms with Crippen LogP contribution in [-0.2, 0) is 10.0 Å². The van der Waals surface area contributed by atoms with Crippen molar-refractivity contribution in [3.8, 4) is 0 Å². The topological polar surface area (TPSA) is 63.4 Å². The van der Waals surface area contributed by atoms with Gasteiger partial charge in [0.25, 0.3) is 6.43 Å². The maximum atomic E-state index is 12.2. The normalized spacial score (nSPS) is 13.9. The second kappa shape index (κ2) is 5.18. The molecule has 0 rings (SSSR count). The van der Waals surface area contributed by atoms with Gasteiger partial charge in [0.05, 0.1) is 11.3 Å². The first-order chi connectivity index (χ1) is 6.63. The molecule has 0 aromatic heterocycles. The van der Waals surface area contributed by atoms with E-state index in [0.29, 0.717) is 0 Å². The van der Waals surface area contributed by atoms with Crippen molar-refractivity contribution in [1.82, 2.24) is 4.31 Å². The van der Waals surface area contributed by atoms with Gasteiger partial charge in [-0.15, -0.1) is 0 Å². The summed E-state index contributed by atoms with van der Waals surface area (Å²) < 4.78 is 47.7. The number of halogens is 2. The van der Waals surface area contributed by atoms with Crippen molar-refractivity contribution in [3.05, 3.63) is 0 Å². The first kappa shape index (κ1) is 14.7. The first-order valence-electron chi connectivity index (χ1n) is 4.61. The summed E-state index contributed by atoms with van der Waals surface area (Å²) in [5.74, 6) is 0. The third-order valence-electron chi connectivity index (χ3n) is 1.83. The summed E-state index contributed by atoms with van der Waals surface area (Å²) in [5.41, 5.74) is 5.19. The molecular weight excluding hydrogens is 226 g/mol. The van der Waals surface area contributed by atoms with Gasteiger partial charge in [0.1, 0.15) is 0 Å². The van der Waals surface area contributed by atoms with Gasteiger partial charge < -0.3 is 5.73 Å². The van der Waals surface area contributed by atoms with Crippen LogP contribution in [0.15, 0.2) is 0 Å². The highest BCUT2D eigenvalue weighted by molar-refractivity contribution is 7.90. The van der Waals surface area contributed by atoms with Gasteiger partial charge in [0.15, 0.2) is 0 Å². The average molecular weight is 244 g/mol. The van der Waals surface area contributed by atoms with Crippen LogP contribution in [0.3, 0.4) is 0 Å². The van der Waals surface area contributed by atoms with E-state index in [1.165, 1.54) is 20.8 Å². The zero-order valence-corrected chi connectivity index (χ0v) is 10.0. The molecule has 0 heterocycles. The largest absolute Gasteiger partial charge is 0.329 e. The lowest BCUT2D eigenvalue weighted by molar-refractivity contribution is 0.120. The Morgan fingerprint density at radius 1 is 1.33 bits per heavy atom. The van der Waals surface area contributed by atoms with Gasteiger partial charge in [0, 0.05) is 13.1 Å². The standard InChI is InChI=1S/C8H18F2N2O2S/c1-8(2,3)15(13,14)12(5-4-11)6-7(9)10/h7H,4-6,11H2,1-3H3. The fraction of sp³-hybridized carbons (Fsp3) is 1.00. The van der Waals surface area contributed by atoms with Gasteiger partial charge in [0.2, 0.25) is 10.0 Å². The highest BCUT2D eigenvalue weighted by atomic mass is 32.2. The van der Waals surface area contributed by atoms with E-state index in [1.54, 1.807) is 0 Å². The van der Waals surface area contributed by atoms with E-state index in [9.17, 15) is 17.2 Å². The van der Waals surface area contributed by atoms with Gasteiger partial charge in [-0.25, -0.2) is 17.2 Å². The second-order valence-corrected chi connectivity index (χ2v) is 6.85. The second-order valence-electron chi connectivity index (χ2n) is 4.16. The number of sulfonamides is 1. The van der Waals surface area contributed by atoms with E-state index in [-0.39, 0.29) is 13.1 Å². The molecule has 2 N–H and O–H groups in total. The fourth-order valence-electron chi connectivity index (χ4n) is 0.995. The quantitative estimate of drug-likeness (QED) is 0.772. The average Bonchev–Trinajstić information content (AvgIpc) is 2.00. The maximum absolute atomic E-state index is 12.2. The highest BCUT2D eigenvalue weighted by Crippen LogP contribution is 2.20. The molecule has 0 aromatic rings. The molecule has 15 heavy (non-hydrogen) atoms. The Bertz CT molecular complexity index is 286. The molecule has 0 atom stereocenters. The molecule has 0 amide bonds. The molecule has 0 bridgehead atoms. The van der Waals surface area contributed by atoms with E-state index in [2.05, 4.69) is 0 Å². The zero-order valence-electron chi connectivity index (χ0n) is 9.20. The molecule has 0 unspecified atom stereocenters. The van der Waals surface area contributed by atoms with E-state index < -0.39 is 27.7 Å². The third kappa shape index (κ3) is 4.00. The summed E-state index contributed by atoms with van der Waals surface area (Å²) in [6, 6.07) is 0. The van der Waals surface area contributed by atoms with Gasteiger partial charge in [-0.2, -0.15) is 4.31 Å². The number of nitrogens with two attached hydrogens (primary N) is 1. The number of nitrogens with zero attached hydrogens (tertiary/aromatic N) is 1. The molecule has 0 radical (unpaired) electrons. The summed E-state index contributed by atoms with van der Waals surface area (Å²) in [5, 5.41) is 0. The molecule has 0 saturated heterocycles. The molecule has 0 aliphatic rings. The molecular formula is C8H18F2N2O2S. The molecule has 4 nitrogen and oxygen atoms in total. The first-order valence-corrected chi connectivity index (χ1v) is 6.05. The predicted octanol–water partition coefficient (Wildman–Crippen LogP) is 0.641. The SMILES string of the molecule is CC(C)(C)S(=O)(=O)N(CCN)CC(F)F. The lowest BCUT2D eigenvalue weighted by Gasteiger charge is -2.29. The van der Waals surface area contributed by atoms with Crippen LogP contribution in [0.25, 0.3) is 0 Å². The molecule has 7 heteroatoms. The summed E-state index contributed by atoms with van der Waals surface area (Å²) >= 11 is 0. The van der Waals surface area contributed by atoms with Gasteiger partial charge in [-0.3, -0.25) is 0 Å².